The number of ether oxygens (including phenoxy) is 1. The second-order valence-electron chi connectivity index (χ2n) is 4.77. The van der Waals surface area contributed by atoms with Crippen molar-refractivity contribution in [2.45, 2.75) is 32.3 Å². The standard InChI is InChI=1S/C13H25N5O4S/c1-5-16(9-8-10-22-4)13(19)18-11-14-12(15-18)23(20,21)17(6-2)7-3/h11H,5-10H2,1-4H3. The highest BCUT2D eigenvalue weighted by Gasteiger charge is 2.27. The van der Waals surface area contributed by atoms with Gasteiger partial charge in [-0.25, -0.2) is 18.2 Å². The van der Waals surface area contributed by atoms with E-state index in [0.717, 1.165) is 11.0 Å². The van der Waals surface area contributed by atoms with Crippen LogP contribution < -0.4 is 0 Å². The van der Waals surface area contributed by atoms with E-state index >= 15 is 0 Å². The first kappa shape index (κ1) is 19.5. The molecule has 1 aromatic rings. The lowest BCUT2D eigenvalue weighted by Crippen LogP contribution is -2.36. The van der Waals surface area contributed by atoms with Crippen molar-refractivity contribution in [3.8, 4) is 0 Å². The number of amides is 1. The van der Waals surface area contributed by atoms with Crippen LogP contribution in [0.3, 0.4) is 0 Å². The van der Waals surface area contributed by atoms with E-state index in [1.807, 2.05) is 6.92 Å². The third-order valence-corrected chi connectivity index (χ3v) is 5.22. The van der Waals surface area contributed by atoms with Gasteiger partial charge in [0, 0.05) is 39.9 Å². The smallest absolute Gasteiger partial charge is 0.346 e. The average molecular weight is 347 g/mol. The highest BCUT2D eigenvalue weighted by atomic mass is 32.2. The summed E-state index contributed by atoms with van der Waals surface area (Å²) in [7, 11) is -2.17. The van der Waals surface area contributed by atoms with Gasteiger partial charge in [-0.2, -0.15) is 8.99 Å². The Balaban J connectivity index is 2.91. The number of nitrogens with zero attached hydrogens (tertiary/aromatic N) is 5. The van der Waals surface area contributed by atoms with Gasteiger partial charge in [0.2, 0.25) is 0 Å². The summed E-state index contributed by atoms with van der Waals surface area (Å²) in [4.78, 5) is 17.7. The number of sulfonamides is 1. The molecule has 9 nitrogen and oxygen atoms in total. The Morgan fingerprint density at radius 1 is 1.26 bits per heavy atom. The van der Waals surface area contributed by atoms with Crippen LogP contribution in [0.15, 0.2) is 11.5 Å². The molecule has 23 heavy (non-hydrogen) atoms. The van der Waals surface area contributed by atoms with Crippen LogP contribution in [0.4, 0.5) is 4.79 Å². The molecular weight excluding hydrogens is 322 g/mol. The molecule has 0 aliphatic carbocycles. The zero-order valence-electron chi connectivity index (χ0n) is 14.1. The van der Waals surface area contributed by atoms with Crippen LogP contribution in [0.5, 0.6) is 0 Å². The van der Waals surface area contributed by atoms with Crippen molar-refractivity contribution in [3.05, 3.63) is 6.33 Å². The maximum Gasteiger partial charge on any atom is 0.346 e. The van der Waals surface area contributed by atoms with E-state index in [9.17, 15) is 13.2 Å². The van der Waals surface area contributed by atoms with E-state index < -0.39 is 16.1 Å². The third kappa shape index (κ3) is 4.72. The molecular formula is C13H25N5O4S. The first-order chi connectivity index (χ1) is 10.9. The third-order valence-electron chi connectivity index (χ3n) is 3.37. The number of hydrogen-bond acceptors (Lipinski definition) is 6. The van der Waals surface area contributed by atoms with Crippen LogP contribution in [0.2, 0.25) is 0 Å². The Bertz CT molecular complexity index is 597. The van der Waals surface area contributed by atoms with Crippen molar-refractivity contribution in [2.75, 3.05) is 39.9 Å². The fourth-order valence-electron chi connectivity index (χ4n) is 2.07. The van der Waals surface area contributed by atoms with Gasteiger partial charge >= 0.3 is 6.03 Å². The van der Waals surface area contributed by atoms with Crippen molar-refractivity contribution >= 4 is 16.1 Å². The summed E-state index contributed by atoms with van der Waals surface area (Å²) in [6.45, 7) is 7.48. The van der Waals surface area contributed by atoms with Crippen molar-refractivity contribution in [1.82, 2.24) is 24.0 Å². The van der Waals surface area contributed by atoms with Gasteiger partial charge in [0.1, 0.15) is 6.33 Å². The molecule has 1 amide bonds. The predicted molar refractivity (Wildman–Crippen MR) is 84.7 cm³/mol. The maximum absolute atomic E-state index is 12.4. The minimum absolute atomic E-state index is 0.319. The molecule has 0 N–H and O–H groups in total. The fraction of sp³-hybridized carbons (Fsp3) is 0.769. The van der Waals surface area contributed by atoms with Crippen LogP contribution in [0.25, 0.3) is 0 Å². The molecule has 0 radical (unpaired) electrons. The predicted octanol–water partition coefficient (Wildman–Crippen LogP) is 0.635. The van der Waals surface area contributed by atoms with Crippen LogP contribution in [0.1, 0.15) is 27.2 Å². The van der Waals surface area contributed by atoms with Crippen molar-refractivity contribution < 1.29 is 17.9 Å². The molecule has 1 rings (SSSR count). The molecule has 0 atom stereocenters. The van der Waals surface area contributed by atoms with Crippen molar-refractivity contribution in [1.29, 1.82) is 0 Å². The first-order valence-corrected chi connectivity index (χ1v) is 9.06. The Hall–Kier alpha value is -1.52. The molecule has 132 valence electrons. The van der Waals surface area contributed by atoms with Gasteiger partial charge in [0.15, 0.2) is 0 Å². The van der Waals surface area contributed by atoms with E-state index in [0.29, 0.717) is 39.2 Å². The van der Waals surface area contributed by atoms with Gasteiger partial charge < -0.3 is 9.64 Å². The Morgan fingerprint density at radius 3 is 2.43 bits per heavy atom. The number of methoxy groups -OCH3 is 1. The monoisotopic (exact) mass is 347 g/mol. The zero-order valence-corrected chi connectivity index (χ0v) is 14.9. The topological polar surface area (TPSA) is 97.6 Å². The normalized spacial score (nSPS) is 11.9. The molecule has 0 aliphatic rings. The SMILES string of the molecule is CCN(CCCOC)C(=O)n1cnc(S(=O)(=O)N(CC)CC)n1. The Labute approximate surface area is 137 Å². The maximum atomic E-state index is 12.4. The summed E-state index contributed by atoms with van der Waals surface area (Å²) in [5.74, 6) is 0. The summed E-state index contributed by atoms with van der Waals surface area (Å²) in [5.41, 5.74) is 0. The van der Waals surface area contributed by atoms with Crippen molar-refractivity contribution in [2.24, 2.45) is 0 Å². The lowest BCUT2D eigenvalue weighted by atomic mass is 10.4. The molecule has 0 bridgehead atoms. The first-order valence-electron chi connectivity index (χ1n) is 7.62. The van der Waals surface area contributed by atoms with Gasteiger partial charge in [-0.3, -0.25) is 0 Å². The van der Waals surface area contributed by atoms with Crippen LogP contribution in [0, 0.1) is 0 Å². The highest BCUT2D eigenvalue weighted by molar-refractivity contribution is 7.88. The van der Waals surface area contributed by atoms with E-state index in [1.165, 1.54) is 4.31 Å². The van der Waals surface area contributed by atoms with Gasteiger partial charge in [0.05, 0.1) is 0 Å². The van der Waals surface area contributed by atoms with Gasteiger partial charge in [-0.15, -0.1) is 5.10 Å². The van der Waals surface area contributed by atoms with Crippen LogP contribution in [-0.2, 0) is 14.8 Å². The Morgan fingerprint density at radius 2 is 1.91 bits per heavy atom. The zero-order chi connectivity index (χ0) is 17.5. The summed E-state index contributed by atoms with van der Waals surface area (Å²) >= 11 is 0. The van der Waals surface area contributed by atoms with Gasteiger partial charge in [-0.05, 0) is 13.3 Å². The van der Waals surface area contributed by atoms with Crippen LogP contribution >= 0.6 is 0 Å². The van der Waals surface area contributed by atoms with E-state index in [4.69, 9.17) is 4.74 Å². The largest absolute Gasteiger partial charge is 0.385 e. The molecule has 1 aromatic heterocycles. The number of hydrogen-bond donors (Lipinski definition) is 0. The quantitative estimate of drug-likeness (QED) is 0.608. The number of carbonyl (C=O) groups excluding carboxylic acids is 1. The van der Waals surface area contributed by atoms with E-state index in [-0.39, 0.29) is 5.16 Å². The van der Waals surface area contributed by atoms with Crippen LogP contribution in [-0.4, -0.2) is 78.3 Å². The summed E-state index contributed by atoms with van der Waals surface area (Å²) in [6, 6.07) is -0.405. The molecule has 0 spiro atoms. The molecule has 0 unspecified atom stereocenters. The van der Waals surface area contributed by atoms with Gasteiger partial charge in [-0.1, -0.05) is 13.8 Å². The molecule has 0 saturated heterocycles. The van der Waals surface area contributed by atoms with E-state index in [1.54, 1.807) is 25.9 Å². The molecule has 0 aliphatic heterocycles. The minimum Gasteiger partial charge on any atom is -0.385 e. The molecule has 0 aromatic carbocycles. The van der Waals surface area contributed by atoms with E-state index in [2.05, 4.69) is 10.1 Å². The molecule has 0 fully saturated rings. The second-order valence-corrected chi connectivity index (χ2v) is 6.60. The fourth-order valence-corrected chi connectivity index (χ4v) is 3.35. The Kier molecular flexibility index (Phi) is 7.59. The summed E-state index contributed by atoms with van der Waals surface area (Å²) in [6.07, 6.45) is 1.83. The number of rotatable bonds is 9. The second kappa shape index (κ2) is 8.94. The number of aromatic nitrogens is 3. The molecule has 10 heteroatoms. The highest BCUT2D eigenvalue weighted by Crippen LogP contribution is 2.10. The molecule has 0 saturated carbocycles. The summed E-state index contributed by atoms with van der Waals surface area (Å²) in [5, 5.41) is 3.49. The molecule has 1 heterocycles. The summed E-state index contributed by atoms with van der Waals surface area (Å²) < 4.78 is 31.8. The lowest BCUT2D eigenvalue weighted by Gasteiger charge is -2.19. The minimum atomic E-state index is -3.77. The lowest BCUT2D eigenvalue weighted by molar-refractivity contribution is 0.169. The number of carbonyl (C=O) groups is 1. The average Bonchev–Trinajstić information content (AvgIpc) is 3.03. The van der Waals surface area contributed by atoms with Crippen molar-refractivity contribution in [3.63, 3.8) is 0 Å². The van der Waals surface area contributed by atoms with Gasteiger partial charge in [0.25, 0.3) is 15.2 Å².